The first kappa shape index (κ1) is 16.2. The molecule has 20 heavy (non-hydrogen) atoms. The van der Waals surface area contributed by atoms with Crippen molar-refractivity contribution in [2.75, 3.05) is 0 Å². The van der Waals surface area contributed by atoms with Crippen LogP contribution in [0.15, 0.2) is 30.3 Å². The van der Waals surface area contributed by atoms with Crippen molar-refractivity contribution in [2.24, 2.45) is 5.92 Å². The lowest BCUT2D eigenvalue weighted by Gasteiger charge is -2.16. The highest BCUT2D eigenvalue weighted by Gasteiger charge is 2.20. The normalized spacial score (nSPS) is 13.3. The van der Waals surface area contributed by atoms with Crippen molar-refractivity contribution < 1.29 is 14.3 Å². The molecule has 0 unspecified atom stereocenters. The van der Waals surface area contributed by atoms with Crippen molar-refractivity contribution in [2.45, 2.75) is 46.3 Å². The summed E-state index contributed by atoms with van der Waals surface area (Å²) >= 11 is 0. The number of esters is 1. The van der Waals surface area contributed by atoms with Crippen molar-refractivity contribution in [1.82, 2.24) is 5.32 Å². The number of nitrogens with one attached hydrogen (secondary N) is 1. The van der Waals surface area contributed by atoms with E-state index in [1.807, 2.05) is 44.2 Å². The number of carbonyl (C=O) groups excluding carboxylic acids is 2. The Morgan fingerprint density at radius 3 is 2.45 bits per heavy atom. The molecule has 1 aromatic rings. The van der Waals surface area contributed by atoms with E-state index >= 15 is 0 Å². The van der Waals surface area contributed by atoms with Crippen LogP contribution in [0.3, 0.4) is 0 Å². The lowest BCUT2D eigenvalue weighted by atomic mass is 10.1. The van der Waals surface area contributed by atoms with Crippen LogP contribution in [0.25, 0.3) is 0 Å². The molecule has 0 saturated heterocycles. The number of benzene rings is 1. The predicted octanol–water partition coefficient (Wildman–Crippen LogP) is 2.67. The Kier molecular flexibility index (Phi) is 6.77. The van der Waals surface area contributed by atoms with Gasteiger partial charge < -0.3 is 10.1 Å². The molecule has 0 aliphatic carbocycles. The number of hydrogen-bond acceptors (Lipinski definition) is 3. The molecule has 1 N–H and O–H groups in total. The summed E-state index contributed by atoms with van der Waals surface area (Å²) in [6.07, 6.45) is 1.76. The van der Waals surface area contributed by atoms with Gasteiger partial charge in [-0.15, -0.1) is 0 Å². The van der Waals surface area contributed by atoms with Gasteiger partial charge in [-0.25, -0.2) is 4.79 Å². The second-order valence-electron chi connectivity index (χ2n) is 5.01. The maximum atomic E-state index is 11.8. The van der Waals surface area contributed by atoms with Crippen LogP contribution in [0.2, 0.25) is 0 Å². The van der Waals surface area contributed by atoms with Gasteiger partial charge in [-0.05, 0) is 18.9 Å². The molecule has 2 atom stereocenters. The van der Waals surface area contributed by atoms with E-state index in [0.717, 1.165) is 18.4 Å². The maximum Gasteiger partial charge on any atom is 0.328 e. The Bertz CT molecular complexity index is 431. The lowest BCUT2D eigenvalue weighted by Crippen LogP contribution is -2.41. The molecular weight excluding hydrogens is 254 g/mol. The van der Waals surface area contributed by atoms with E-state index < -0.39 is 12.0 Å². The smallest absolute Gasteiger partial charge is 0.328 e. The summed E-state index contributed by atoms with van der Waals surface area (Å²) in [4.78, 5) is 23.6. The minimum Gasteiger partial charge on any atom is -0.459 e. The van der Waals surface area contributed by atoms with Crippen LogP contribution in [-0.4, -0.2) is 17.9 Å². The average Bonchev–Trinajstić information content (AvgIpc) is 2.45. The van der Waals surface area contributed by atoms with E-state index in [1.54, 1.807) is 6.92 Å². The van der Waals surface area contributed by atoms with Crippen molar-refractivity contribution in [3.63, 3.8) is 0 Å². The Labute approximate surface area is 120 Å². The Hall–Kier alpha value is -1.84. The Balaban J connectivity index is 2.37. The molecule has 0 spiro atoms. The number of rotatable bonds is 7. The third-order valence-electron chi connectivity index (χ3n) is 3.11. The largest absolute Gasteiger partial charge is 0.459 e. The minimum atomic E-state index is -0.620. The van der Waals surface area contributed by atoms with Gasteiger partial charge in [0.1, 0.15) is 12.6 Å². The molecule has 110 valence electrons. The average molecular weight is 277 g/mol. The van der Waals surface area contributed by atoms with E-state index in [0.29, 0.717) is 0 Å². The Morgan fingerprint density at radius 2 is 1.85 bits per heavy atom. The van der Waals surface area contributed by atoms with E-state index in [1.165, 1.54) is 0 Å². The van der Waals surface area contributed by atoms with Gasteiger partial charge in [-0.3, -0.25) is 4.79 Å². The van der Waals surface area contributed by atoms with E-state index in [4.69, 9.17) is 4.74 Å². The fraction of sp³-hybridized carbons (Fsp3) is 0.500. The third kappa shape index (κ3) is 5.43. The fourth-order valence-electron chi connectivity index (χ4n) is 1.83. The number of carbonyl (C=O) groups is 2. The van der Waals surface area contributed by atoms with E-state index in [9.17, 15) is 9.59 Å². The van der Waals surface area contributed by atoms with Crippen LogP contribution in [0.5, 0.6) is 0 Å². The van der Waals surface area contributed by atoms with E-state index in [2.05, 4.69) is 5.32 Å². The summed E-state index contributed by atoms with van der Waals surface area (Å²) in [5.41, 5.74) is 0.929. The van der Waals surface area contributed by atoms with Crippen molar-refractivity contribution >= 4 is 11.9 Å². The van der Waals surface area contributed by atoms with Crippen LogP contribution in [0, 0.1) is 5.92 Å². The van der Waals surface area contributed by atoms with Gasteiger partial charge in [0.15, 0.2) is 0 Å². The number of amides is 1. The quantitative estimate of drug-likeness (QED) is 0.780. The van der Waals surface area contributed by atoms with Gasteiger partial charge >= 0.3 is 5.97 Å². The monoisotopic (exact) mass is 277 g/mol. The summed E-state index contributed by atoms with van der Waals surface area (Å²) in [6, 6.07) is 8.84. The van der Waals surface area contributed by atoms with Crippen molar-refractivity contribution in [3.8, 4) is 0 Å². The Morgan fingerprint density at radius 1 is 1.20 bits per heavy atom. The van der Waals surface area contributed by atoms with Gasteiger partial charge in [0.2, 0.25) is 5.91 Å². The van der Waals surface area contributed by atoms with Gasteiger partial charge in [0.25, 0.3) is 0 Å². The molecular formula is C16H23NO3. The zero-order valence-electron chi connectivity index (χ0n) is 12.4. The van der Waals surface area contributed by atoms with Gasteiger partial charge in [-0.2, -0.15) is 0 Å². The summed E-state index contributed by atoms with van der Waals surface area (Å²) in [7, 11) is 0. The van der Waals surface area contributed by atoms with Crippen LogP contribution in [0.4, 0.5) is 0 Å². The van der Waals surface area contributed by atoms with Crippen LogP contribution in [0.1, 0.15) is 39.2 Å². The first-order chi connectivity index (χ1) is 9.54. The zero-order chi connectivity index (χ0) is 15.0. The van der Waals surface area contributed by atoms with Crippen LogP contribution >= 0.6 is 0 Å². The summed E-state index contributed by atoms with van der Waals surface area (Å²) in [5, 5.41) is 2.69. The molecule has 0 aliphatic heterocycles. The molecule has 4 nitrogen and oxygen atoms in total. The molecule has 0 fully saturated rings. The highest BCUT2D eigenvalue weighted by atomic mass is 16.5. The van der Waals surface area contributed by atoms with Crippen molar-refractivity contribution in [1.29, 1.82) is 0 Å². The fourth-order valence-corrected chi connectivity index (χ4v) is 1.83. The standard InChI is InChI=1S/C16H23NO3/c1-4-8-12(2)15(18)17-13(3)16(19)20-11-14-9-6-5-7-10-14/h5-7,9-10,12-13H,4,8,11H2,1-3H3,(H,17,18)/t12-,13+/m1/s1. The topological polar surface area (TPSA) is 55.4 Å². The SMILES string of the molecule is CCC[C@@H](C)C(=O)N[C@@H](C)C(=O)OCc1ccccc1. The van der Waals surface area contributed by atoms with Crippen LogP contribution < -0.4 is 5.32 Å². The third-order valence-corrected chi connectivity index (χ3v) is 3.11. The minimum absolute atomic E-state index is 0.0793. The van der Waals surface area contributed by atoms with Gasteiger partial charge in [0, 0.05) is 5.92 Å². The first-order valence-electron chi connectivity index (χ1n) is 7.05. The zero-order valence-corrected chi connectivity index (χ0v) is 12.4. The number of ether oxygens (including phenoxy) is 1. The summed E-state index contributed by atoms with van der Waals surface area (Å²) < 4.78 is 5.18. The molecule has 1 rings (SSSR count). The highest BCUT2D eigenvalue weighted by Crippen LogP contribution is 2.06. The second kappa shape index (κ2) is 8.35. The molecule has 0 saturated carbocycles. The lowest BCUT2D eigenvalue weighted by molar-refractivity contribution is -0.149. The van der Waals surface area contributed by atoms with Crippen molar-refractivity contribution in [3.05, 3.63) is 35.9 Å². The molecule has 0 heterocycles. The summed E-state index contributed by atoms with van der Waals surface area (Å²) in [6.45, 7) is 5.76. The summed E-state index contributed by atoms with van der Waals surface area (Å²) in [5.74, 6) is -0.591. The molecule has 0 aromatic heterocycles. The molecule has 4 heteroatoms. The molecule has 0 radical (unpaired) electrons. The van der Waals surface area contributed by atoms with E-state index in [-0.39, 0.29) is 18.4 Å². The molecule has 1 aromatic carbocycles. The van der Waals surface area contributed by atoms with Crippen LogP contribution in [-0.2, 0) is 20.9 Å². The molecule has 0 bridgehead atoms. The number of hydrogen-bond donors (Lipinski definition) is 1. The molecule has 1 amide bonds. The molecule has 0 aliphatic rings. The highest BCUT2D eigenvalue weighted by molar-refractivity contribution is 5.85. The first-order valence-corrected chi connectivity index (χ1v) is 7.05. The van der Waals surface area contributed by atoms with Gasteiger partial charge in [0.05, 0.1) is 0 Å². The van der Waals surface area contributed by atoms with Gasteiger partial charge in [-0.1, -0.05) is 50.6 Å². The maximum absolute atomic E-state index is 11.8. The second-order valence-corrected chi connectivity index (χ2v) is 5.01. The predicted molar refractivity (Wildman–Crippen MR) is 77.9 cm³/mol.